The minimum atomic E-state index is 0.256. The molecular weight excluding hydrogens is 336 g/mol. The summed E-state index contributed by atoms with van der Waals surface area (Å²) in [5, 5.41) is 15.1. The Morgan fingerprint density at radius 2 is 1.78 bits per heavy atom. The summed E-state index contributed by atoms with van der Waals surface area (Å²) >= 11 is 0. The molecule has 0 atom stereocenters. The SMILES string of the molecule is OCCN1CCN(CCN=CC2=Cc3ccc4ccccc4c3NC2)CC1. The van der Waals surface area contributed by atoms with Crippen LogP contribution in [0, 0.1) is 0 Å². The Morgan fingerprint density at radius 3 is 2.59 bits per heavy atom. The number of aliphatic imine (C=N–C) groups is 1. The zero-order valence-electron chi connectivity index (χ0n) is 15.8. The van der Waals surface area contributed by atoms with E-state index in [0.717, 1.165) is 52.4 Å². The highest BCUT2D eigenvalue weighted by atomic mass is 16.3. The third kappa shape index (κ3) is 4.38. The Kier molecular flexibility index (Phi) is 5.82. The number of nitrogens with zero attached hydrogens (tertiary/aromatic N) is 3. The van der Waals surface area contributed by atoms with Crippen molar-refractivity contribution in [3.8, 4) is 0 Å². The van der Waals surface area contributed by atoms with E-state index in [4.69, 9.17) is 5.11 Å². The van der Waals surface area contributed by atoms with Crippen LogP contribution in [0.4, 0.5) is 5.69 Å². The van der Waals surface area contributed by atoms with Gasteiger partial charge in [-0.05, 0) is 22.6 Å². The van der Waals surface area contributed by atoms with Crippen LogP contribution >= 0.6 is 0 Å². The molecular formula is C22H28N4O. The van der Waals surface area contributed by atoms with Crippen LogP contribution < -0.4 is 5.32 Å². The molecule has 27 heavy (non-hydrogen) atoms. The maximum absolute atomic E-state index is 9.01. The van der Waals surface area contributed by atoms with E-state index in [-0.39, 0.29) is 6.61 Å². The first-order valence-corrected chi connectivity index (χ1v) is 9.85. The van der Waals surface area contributed by atoms with Gasteiger partial charge in [-0.1, -0.05) is 36.4 Å². The van der Waals surface area contributed by atoms with Gasteiger partial charge in [0.1, 0.15) is 0 Å². The summed E-state index contributed by atoms with van der Waals surface area (Å²) in [5.74, 6) is 0. The lowest BCUT2D eigenvalue weighted by molar-refractivity contribution is 0.115. The van der Waals surface area contributed by atoms with Crippen LogP contribution in [0.15, 0.2) is 47.0 Å². The second kappa shape index (κ2) is 8.65. The average molecular weight is 364 g/mol. The molecule has 0 saturated carbocycles. The van der Waals surface area contributed by atoms with Gasteiger partial charge in [-0.25, -0.2) is 0 Å². The summed E-state index contributed by atoms with van der Waals surface area (Å²) in [6, 6.07) is 12.9. The van der Waals surface area contributed by atoms with Gasteiger partial charge in [-0.2, -0.15) is 0 Å². The van der Waals surface area contributed by atoms with E-state index in [2.05, 4.69) is 62.6 Å². The standard InChI is InChI=1S/C22H28N4O/c27-14-13-26-11-9-25(10-12-26)8-7-23-16-18-15-20-6-5-19-3-1-2-4-21(19)22(20)24-17-18/h1-6,15-16,24,27H,7-14,17H2. The van der Waals surface area contributed by atoms with Gasteiger partial charge in [0.25, 0.3) is 0 Å². The predicted octanol–water partition coefficient (Wildman–Crippen LogP) is 2.33. The highest BCUT2D eigenvalue weighted by molar-refractivity contribution is 6.01. The number of hydrogen-bond donors (Lipinski definition) is 2. The molecule has 1 fully saturated rings. The molecule has 2 aromatic carbocycles. The van der Waals surface area contributed by atoms with Gasteiger partial charge in [0.15, 0.2) is 0 Å². The Hall–Kier alpha value is -2.21. The number of piperazine rings is 1. The zero-order chi connectivity index (χ0) is 18.5. The highest BCUT2D eigenvalue weighted by Crippen LogP contribution is 2.31. The topological polar surface area (TPSA) is 51.1 Å². The van der Waals surface area contributed by atoms with Crippen molar-refractivity contribution < 1.29 is 5.11 Å². The minimum Gasteiger partial charge on any atom is -0.395 e. The number of hydrogen-bond acceptors (Lipinski definition) is 5. The van der Waals surface area contributed by atoms with Crippen LogP contribution in [0.3, 0.4) is 0 Å². The Morgan fingerprint density at radius 1 is 1.00 bits per heavy atom. The number of anilines is 1. The van der Waals surface area contributed by atoms with E-state index < -0.39 is 0 Å². The van der Waals surface area contributed by atoms with Crippen molar-refractivity contribution in [3.63, 3.8) is 0 Å². The average Bonchev–Trinajstić information content (AvgIpc) is 2.72. The fraction of sp³-hybridized carbons (Fsp3) is 0.409. The van der Waals surface area contributed by atoms with Crippen LogP contribution in [-0.4, -0.2) is 80.1 Å². The molecule has 0 amide bonds. The largest absolute Gasteiger partial charge is 0.395 e. The van der Waals surface area contributed by atoms with Crippen LogP contribution in [-0.2, 0) is 0 Å². The van der Waals surface area contributed by atoms with Crippen molar-refractivity contribution in [2.24, 2.45) is 4.99 Å². The quantitative estimate of drug-likeness (QED) is 0.773. The summed E-state index contributed by atoms with van der Waals surface area (Å²) in [5.41, 5.74) is 3.69. The molecule has 2 N–H and O–H groups in total. The first kappa shape index (κ1) is 18.2. The first-order chi connectivity index (χ1) is 13.3. The molecule has 0 aromatic heterocycles. The fourth-order valence-electron chi connectivity index (χ4n) is 3.89. The Balaban J connectivity index is 1.32. The second-order valence-electron chi connectivity index (χ2n) is 7.27. The molecule has 0 unspecified atom stereocenters. The Labute approximate surface area is 161 Å². The van der Waals surface area contributed by atoms with Crippen molar-refractivity contribution in [2.45, 2.75) is 0 Å². The third-order valence-corrected chi connectivity index (χ3v) is 5.46. The van der Waals surface area contributed by atoms with Crippen LogP contribution in [0.1, 0.15) is 5.56 Å². The van der Waals surface area contributed by atoms with Crippen LogP contribution in [0.5, 0.6) is 0 Å². The second-order valence-corrected chi connectivity index (χ2v) is 7.27. The number of aliphatic hydroxyl groups excluding tert-OH is 1. The number of fused-ring (bicyclic) bond motifs is 3. The third-order valence-electron chi connectivity index (χ3n) is 5.46. The lowest BCUT2D eigenvalue weighted by atomic mass is 9.99. The predicted molar refractivity (Wildman–Crippen MR) is 114 cm³/mol. The van der Waals surface area contributed by atoms with E-state index in [1.165, 1.54) is 27.6 Å². The lowest BCUT2D eigenvalue weighted by Gasteiger charge is -2.33. The summed E-state index contributed by atoms with van der Waals surface area (Å²) in [6.07, 6.45) is 4.27. The van der Waals surface area contributed by atoms with E-state index in [1.807, 2.05) is 6.21 Å². The molecule has 2 aliphatic heterocycles. The molecule has 0 radical (unpaired) electrons. The molecule has 142 valence electrons. The van der Waals surface area contributed by atoms with Crippen molar-refractivity contribution in [1.29, 1.82) is 0 Å². The number of rotatable bonds is 6. The molecule has 2 aliphatic rings. The Bertz CT molecular complexity index is 837. The summed E-state index contributed by atoms with van der Waals surface area (Å²) < 4.78 is 0. The van der Waals surface area contributed by atoms with Crippen LogP contribution in [0.2, 0.25) is 0 Å². The van der Waals surface area contributed by atoms with Gasteiger partial charge in [0.2, 0.25) is 0 Å². The molecule has 4 rings (SSSR count). The number of benzene rings is 2. The first-order valence-electron chi connectivity index (χ1n) is 9.85. The van der Waals surface area contributed by atoms with Gasteiger partial charge in [-0.3, -0.25) is 14.8 Å². The van der Waals surface area contributed by atoms with Crippen molar-refractivity contribution in [3.05, 3.63) is 47.5 Å². The normalized spacial score (nSPS) is 18.5. The van der Waals surface area contributed by atoms with Gasteiger partial charge >= 0.3 is 0 Å². The molecule has 1 saturated heterocycles. The van der Waals surface area contributed by atoms with Crippen LogP contribution in [0.25, 0.3) is 16.8 Å². The molecule has 2 heterocycles. The van der Waals surface area contributed by atoms with E-state index in [1.54, 1.807) is 0 Å². The summed E-state index contributed by atoms with van der Waals surface area (Å²) in [4.78, 5) is 9.43. The van der Waals surface area contributed by atoms with Gasteiger partial charge < -0.3 is 10.4 Å². The minimum absolute atomic E-state index is 0.256. The van der Waals surface area contributed by atoms with Gasteiger partial charge in [0, 0.05) is 63.1 Å². The summed E-state index contributed by atoms with van der Waals surface area (Å²) in [6.45, 7) is 7.95. The lowest BCUT2D eigenvalue weighted by Crippen LogP contribution is -2.47. The number of aliphatic hydroxyl groups is 1. The maximum atomic E-state index is 9.01. The van der Waals surface area contributed by atoms with E-state index in [9.17, 15) is 0 Å². The molecule has 5 heteroatoms. The van der Waals surface area contributed by atoms with Crippen molar-refractivity contribution >= 4 is 28.8 Å². The van der Waals surface area contributed by atoms with E-state index >= 15 is 0 Å². The van der Waals surface area contributed by atoms with Gasteiger partial charge in [0.05, 0.1) is 13.2 Å². The highest BCUT2D eigenvalue weighted by Gasteiger charge is 2.15. The molecule has 5 nitrogen and oxygen atoms in total. The maximum Gasteiger partial charge on any atom is 0.0558 e. The van der Waals surface area contributed by atoms with Crippen molar-refractivity contribution in [1.82, 2.24) is 9.80 Å². The molecule has 0 spiro atoms. The molecule has 0 bridgehead atoms. The smallest absolute Gasteiger partial charge is 0.0558 e. The van der Waals surface area contributed by atoms with Crippen molar-refractivity contribution in [2.75, 3.05) is 64.3 Å². The number of β-amino-alcohol motifs (C(OH)–C–C–N with tert-alkyl or cyclic N) is 1. The van der Waals surface area contributed by atoms with E-state index in [0.29, 0.717) is 0 Å². The zero-order valence-corrected chi connectivity index (χ0v) is 15.8. The molecule has 0 aliphatic carbocycles. The fourth-order valence-corrected chi connectivity index (χ4v) is 3.89. The monoisotopic (exact) mass is 364 g/mol. The van der Waals surface area contributed by atoms with Gasteiger partial charge in [-0.15, -0.1) is 0 Å². The summed E-state index contributed by atoms with van der Waals surface area (Å²) in [7, 11) is 0. The number of nitrogens with one attached hydrogen (secondary N) is 1. The molecule has 2 aromatic rings.